The van der Waals surface area contributed by atoms with Crippen molar-refractivity contribution in [3.8, 4) is 5.75 Å². The van der Waals surface area contributed by atoms with Crippen molar-refractivity contribution >= 4 is 22.4 Å². The van der Waals surface area contributed by atoms with E-state index in [1.807, 2.05) is 18.2 Å². The lowest BCUT2D eigenvalue weighted by Crippen LogP contribution is -2.49. The summed E-state index contributed by atoms with van der Waals surface area (Å²) < 4.78 is 11.7. The fraction of sp³-hybridized carbons (Fsp3) is 0.258. The summed E-state index contributed by atoms with van der Waals surface area (Å²) in [6, 6.07) is 32.5. The number of benzene rings is 4. The van der Waals surface area contributed by atoms with Gasteiger partial charge >= 0.3 is 0 Å². The van der Waals surface area contributed by atoms with E-state index in [0.717, 1.165) is 30.8 Å². The third kappa shape index (κ3) is 5.69. The number of hydrogen-bond donors (Lipinski definition) is 1. The lowest BCUT2D eigenvalue weighted by molar-refractivity contribution is -0.00486. The number of fused-ring (bicyclic) bond motifs is 1. The highest BCUT2D eigenvalue weighted by atomic mass is 16.5. The van der Waals surface area contributed by atoms with Crippen LogP contribution < -0.4 is 15.0 Å². The summed E-state index contributed by atoms with van der Waals surface area (Å²) in [6.45, 7) is 2.85. The van der Waals surface area contributed by atoms with Crippen molar-refractivity contribution < 1.29 is 14.3 Å². The first-order chi connectivity index (χ1) is 17.7. The van der Waals surface area contributed by atoms with E-state index < -0.39 is 0 Å². The quantitative estimate of drug-likeness (QED) is 0.352. The van der Waals surface area contributed by atoms with Crippen LogP contribution in [0.3, 0.4) is 0 Å². The molecule has 0 radical (unpaired) electrons. The van der Waals surface area contributed by atoms with Crippen LogP contribution in [0.1, 0.15) is 22.3 Å². The van der Waals surface area contributed by atoms with Gasteiger partial charge in [0.1, 0.15) is 5.75 Å². The highest BCUT2D eigenvalue weighted by Gasteiger charge is 2.30. The van der Waals surface area contributed by atoms with E-state index in [0.29, 0.717) is 18.7 Å². The lowest BCUT2D eigenvalue weighted by Gasteiger charge is -2.39. The van der Waals surface area contributed by atoms with E-state index >= 15 is 0 Å². The minimum Gasteiger partial charge on any atom is -0.497 e. The van der Waals surface area contributed by atoms with Gasteiger partial charge < -0.3 is 19.7 Å². The van der Waals surface area contributed by atoms with Gasteiger partial charge in [-0.2, -0.15) is 0 Å². The molecule has 1 saturated heterocycles. The lowest BCUT2D eigenvalue weighted by atomic mass is 9.92. The molecule has 4 aromatic rings. The molecule has 5 rings (SSSR count). The van der Waals surface area contributed by atoms with Crippen LogP contribution in [0.4, 0.5) is 5.69 Å². The maximum atomic E-state index is 12.8. The van der Waals surface area contributed by atoms with Crippen LogP contribution in [-0.4, -0.2) is 38.8 Å². The number of piperidine rings is 1. The Kier molecular flexibility index (Phi) is 7.48. The maximum Gasteiger partial charge on any atom is 0.251 e. The SMILES string of the molecule is COc1ccc(C(=O)NCC2CCN(c3ccccc3)CC2OCc2ccc3ccccc3c2)cc1. The Morgan fingerprint density at radius 2 is 1.67 bits per heavy atom. The molecule has 1 fully saturated rings. The number of amides is 1. The first-order valence-electron chi connectivity index (χ1n) is 12.5. The van der Waals surface area contributed by atoms with Gasteiger partial charge in [0, 0.05) is 36.8 Å². The van der Waals surface area contributed by atoms with Crippen LogP contribution in [-0.2, 0) is 11.3 Å². The third-order valence-corrected chi connectivity index (χ3v) is 6.97. The zero-order valence-corrected chi connectivity index (χ0v) is 20.6. The molecule has 2 atom stereocenters. The van der Waals surface area contributed by atoms with Gasteiger partial charge in [0.15, 0.2) is 0 Å². The standard InChI is InChI=1S/C31H32N2O3/c1-35-29-15-13-25(14-16-29)31(34)32-20-27-17-18-33(28-9-3-2-4-10-28)21-30(27)36-22-23-11-12-24-7-5-6-8-26(24)19-23/h2-16,19,27,30H,17-18,20-22H2,1H3,(H,32,34). The Bertz CT molecular complexity index is 1290. The number of para-hydroxylation sites is 1. The van der Waals surface area contributed by atoms with Crippen molar-refractivity contribution in [2.75, 3.05) is 31.6 Å². The van der Waals surface area contributed by atoms with E-state index in [-0.39, 0.29) is 17.9 Å². The van der Waals surface area contributed by atoms with Crippen LogP contribution in [0.15, 0.2) is 97.1 Å². The number of carbonyl (C=O) groups excluding carboxylic acids is 1. The molecule has 1 aliphatic heterocycles. The summed E-state index contributed by atoms with van der Waals surface area (Å²) in [7, 11) is 1.62. The van der Waals surface area contributed by atoms with Gasteiger partial charge in [0.05, 0.1) is 19.8 Å². The molecule has 0 saturated carbocycles. The number of ether oxygens (including phenoxy) is 2. The first-order valence-corrected chi connectivity index (χ1v) is 12.5. The van der Waals surface area contributed by atoms with Gasteiger partial charge in [-0.3, -0.25) is 4.79 Å². The first kappa shape index (κ1) is 23.9. The molecule has 36 heavy (non-hydrogen) atoms. The second-order valence-electron chi connectivity index (χ2n) is 9.30. The zero-order valence-electron chi connectivity index (χ0n) is 20.6. The van der Waals surface area contributed by atoms with Crippen LogP contribution >= 0.6 is 0 Å². The molecule has 0 aromatic heterocycles. The Morgan fingerprint density at radius 3 is 2.44 bits per heavy atom. The molecule has 2 unspecified atom stereocenters. The fourth-order valence-electron chi connectivity index (χ4n) is 4.86. The van der Waals surface area contributed by atoms with Gasteiger partial charge in [-0.1, -0.05) is 54.6 Å². The maximum absolute atomic E-state index is 12.8. The molecular formula is C31H32N2O3. The topological polar surface area (TPSA) is 50.8 Å². The molecule has 184 valence electrons. The van der Waals surface area contributed by atoms with Crippen LogP contribution in [0.2, 0.25) is 0 Å². The predicted octanol–water partition coefficient (Wildman–Crippen LogP) is 5.69. The Morgan fingerprint density at radius 1 is 0.917 bits per heavy atom. The molecule has 5 heteroatoms. The number of nitrogens with one attached hydrogen (secondary N) is 1. The molecule has 4 aromatic carbocycles. The molecule has 1 aliphatic rings. The number of nitrogens with zero attached hydrogens (tertiary/aromatic N) is 1. The summed E-state index contributed by atoms with van der Waals surface area (Å²) >= 11 is 0. The van der Waals surface area contributed by atoms with Crippen LogP contribution in [0.25, 0.3) is 10.8 Å². The highest BCUT2D eigenvalue weighted by molar-refractivity contribution is 5.94. The van der Waals surface area contributed by atoms with E-state index in [9.17, 15) is 4.79 Å². The summed E-state index contributed by atoms with van der Waals surface area (Å²) in [5.41, 5.74) is 3.00. The van der Waals surface area contributed by atoms with Gasteiger partial charge in [-0.05, 0) is 65.2 Å². The number of carbonyl (C=O) groups is 1. The number of hydrogen-bond acceptors (Lipinski definition) is 4. The largest absolute Gasteiger partial charge is 0.497 e. The molecule has 1 heterocycles. The molecular weight excluding hydrogens is 448 g/mol. The number of methoxy groups -OCH3 is 1. The highest BCUT2D eigenvalue weighted by Crippen LogP contribution is 2.26. The Balaban J connectivity index is 1.27. The monoisotopic (exact) mass is 480 g/mol. The molecule has 0 spiro atoms. The van der Waals surface area contributed by atoms with Gasteiger partial charge in [-0.15, -0.1) is 0 Å². The van der Waals surface area contributed by atoms with Gasteiger partial charge in [0.2, 0.25) is 0 Å². The van der Waals surface area contributed by atoms with Gasteiger partial charge in [-0.25, -0.2) is 0 Å². The smallest absolute Gasteiger partial charge is 0.251 e. The average Bonchev–Trinajstić information content (AvgIpc) is 2.95. The van der Waals surface area contributed by atoms with Crippen molar-refractivity contribution in [1.82, 2.24) is 5.32 Å². The van der Waals surface area contributed by atoms with Crippen molar-refractivity contribution in [2.24, 2.45) is 5.92 Å². The van der Waals surface area contributed by atoms with E-state index in [1.165, 1.54) is 16.5 Å². The molecule has 0 bridgehead atoms. The van der Waals surface area contributed by atoms with E-state index in [4.69, 9.17) is 9.47 Å². The molecule has 0 aliphatic carbocycles. The van der Waals surface area contributed by atoms with Crippen molar-refractivity contribution in [1.29, 1.82) is 0 Å². The molecule has 1 N–H and O–H groups in total. The van der Waals surface area contributed by atoms with Crippen LogP contribution in [0, 0.1) is 5.92 Å². The van der Waals surface area contributed by atoms with E-state index in [1.54, 1.807) is 19.2 Å². The second kappa shape index (κ2) is 11.3. The fourth-order valence-corrected chi connectivity index (χ4v) is 4.86. The summed E-state index contributed by atoms with van der Waals surface area (Å²) in [5.74, 6) is 0.894. The minimum absolute atomic E-state index is 0.00148. The molecule has 5 nitrogen and oxygen atoms in total. The Labute approximate surface area is 212 Å². The van der Waals surface area contributed by atoms with Crippen molar-refractivity contribution in [2.45, 2.75) is 19.1 Å². The van der Waals surface area contributed by atoms with Gasteiger partial charge in [0.25, 0.3) is 5.91 Å². The normalized spacial score (nSPS) is 17.6. The predicted molar refractivity (Wildman–Crippen MR) is 145 cm³/mol. The second-order valence-corrected chi connectivity index (χ2v) is 9.30. The Hall–Kier alpha value is -3.83. The number of rotatable bonds is 8. The van der Waals surface area contributed by atoms with Crippen molar-refractivity contribution in [3.63, 3.8) is 0 Å². The number of anilines is 1. The van der Waals surface area contributed by atoms with Crippen molar-refractivity contribution in [3.05, 3.63) is 108 Å². The zero-order chi connectivity index (χ0) is 24.7. The van der Waals surface area contributed by atoms with Crippen LogP contribution in [0.5, 0.6) is 5.75 Å². The average molecular weight is 481 g/mol. The third-order valence-electron chi connectivity index (χ3n) is 6.97. The summed E-state index contributed by atoms with van der Waals surface area (Å²) in [4.78, 5) is 15.2. The summed E-state index contributed by atoms with van der Waals surface area (Å²) in [5, 5.41) is 5.58. The van der Waals surface area contributed by atoms with E-state index in [2.05, 4.69) is 76.9 Å². The summed E-state index contributed by atoms with van der Waals surface area (Å²) in [6.07, 6.45) is 0.946. The minimum atomic E-state index is -0.0728. The molecule has 1 amide bonds.